The zero-order valence-corrected chi connectivity index (χ0v) is 8.33. The Morgan fingerprint density at radius 1 is 1.55 bits per heavy atom. The summed E-state index contributed by atoms with van der Waals surface area (Å²) in [6, 6.07) is 0. The Hall–Kier alpha value is 0.0200. The van der Waals surface area contributed by atoms with Crippen LogP contribution in [0.3, 0.4) is 0 Å². The molecule has 0 aliphatic carbocycles. The van der Waals surface area contributed by atoms with E-state index in [1.165, 1.54) is 6.42 Å². The summed E-state index contributed by atoms with van der Waals surface area (Å²) >= 11 is 1.83. The molecule has 1 aliphatic rings. The summed E-state index contributed by atoms with van der Waals surface area (Å²) < 4.78 is -0.0475. The van der Waals surface area contributed by atoms with Crippen molar-refractivity contribution < 1.29 is 4.79 Å². The fourth-order valence-corrected chi connectivity index (χ4v) is 2.99. The molecule has 2 heteroatoms. The van der Waals surface area contributed by atoms with Crippen LogP contribution in [0.1, 0.15) is 33.6 Å². The van der Waals surface area contributed by atoms with Gasteiger partial charge < -0.3 is 0 Å². The van der Waals surface area contributed by atoms with E-state index >= 15 is 0 Å². The van der Waals surface area contributed by atoms with Crippen LogP contribution in [-0.4, -0.2) is 16.3 Å². The maximum atomic E-state index is 11.6. The molecule has 11 heavy (non-hydrogen) atoms. The van der Waals surface area contributed by atoms with Crippen molar-refractivity contribution in [3.8, 4) is 0 Å². The highest BCUT2D eigenvalue weighted by molar-refractivity contribution is 8.01. The number of carbonyl (C=O) groups is 1. The molecule has 1 fully saturated rings. The lowest BCUT2D eigenvalue weighted by molar-refractivity contribution is -0.123. The van der Waals surface area contributed by atoms with Crippen LogP contribution in [0.2, 0.25) is 0 Å². The fourth-order valence-electron chi connectivity index (χ4n) is 1.58. The molecule has 1 atom stereocenters. The van der Waals surface area contributed by atoms with Crippen molar-refractivity contribution in [2.75, 3.05) is 5.75 Å². The predicted octanol–water partition coefficient (Wildman–Crippen LogP) is 2.50. The van der Waals surface area contributed by atoms with Gasteiger partial charge in [-0.15, -0.1) is 11.8 Å². The van der Waals surface area contributed by atoms with Crippen molar-refractivity contribution in [2.24, 2.45) is 5.92 Å². The third kappa shape index (κ3) is 1.78. The van der Waals surface area contributed by atoms with E-state index in [0.29, 0.717) is 5.78 Å². The first-order valence-electron chi connectivity index (χ1n) is 4.24. The summed E-state index contributed by atoms with van der Waals surface area (Å²) in [7, 11) is 0. The minimum Gasteiger partial charge on any atom is -0.298 e. The number of Topliss-reactive ketones (excluding diaryl/α,β-unsaturated/α-hetero) is 1. The van der Waals surface area contributed by atoms with Crippen LogP contribution in [-0.2, 0) is 4.79 Å². The van der Waals surface area contributed by atoms with E-state index in [9.17, 15) is 4.79 Å². The highest BCUT2D eigenvalue weighted by atomic mass is 32.2. The molecule has 1 aliphatic heterocycles. The van der Waals surface area contributed by atoms with Gasteiger partial charge in [-0.25, -0.2) is 0 Å². The number of hydrogen-bond donors (Lipinski definition) is 0. The average Bonchev–Trinajstić information content (AvgIpc) is 2.35. The van der Waals surface area contributed by atoms with Crippen LogP contribution in [0.5, 0.6) is 0 Å². The highest BCUT2D eigenvalue weighted by Crippen LogP contribution is 2.39. The maximum absolute atomic E-state index is 11.6. The minimum atomic E-state index is -0.0475. The van der Waals surface area contributed by atoms with Gasteiger partial charge in [0.1, 0.15) is 0 Å². The lowest BCUT2D eigenvalue weighted by Crippen LogP contribution is -2.32. The lowest BCUT2D eigenvalue weighted by Gasteiger charge is -2.22. The van der Waals surface area contributed by atoms with Crippen molar-refractivity contribution in [3.05, 3.63) is 0 Å². The van der Waals surface area contributed by atoms with E-state index in [-0.39, 0.29) is 10.7 Å². The van der Waals surface area contributed by atoms with Crippen molar-refractivity contribution >= 4 is 17.5 Å². The zero-order valence-electron chi connectivity index (χ0n) is 7.52. The SMILES string of the molecule is CC(C)C(=O)C1(C)CCCS1. The van der Waals surface area contributed by atoms with E-state index in [1.807, 2.05) is 25.6 Å². The summed E-state index contributed by atoms with van der Waals surface area (Å²) in [6.45, 7) is 6.08. The van der Waals surface area contributed by atoms with Crippen LogP contribution >= 0.6 is 11.8 Å². The third-order valence-corrected chi connectivity index (χ3v) is 3.80. The first-order valence-corrected chi connectivity index (χ1v) is 5.23. The standard InChI is InChI=1S/C9H16OS/c1-7(2)8(10)9(3)5-4-6-11-9/h7H,4-6H2,1-3H3. The topological polar surface area (TPSA) is 17.1 Å². The highest BCUT2D eigenvalue weighted by Gasteiger charge is 2.37. The number of rotatable bonds is 2. The van der Waals surface area contributed by atoms with Gasteiger partial charge in [-0.3, -0.25) is 4.79 Å². The van der Waals surface area contributed by atoms with Gasteiger partial charge in [0.15, 0.2) is 5.78 Å². The molecule has 1 unspecified atom stereocenters. The second-order valence-corrected chi connectivity index (χ2v) is 5.30. The van der Waals surface area contributed by atoms with Crippen LogP contribution in [0.25, 0.3) is 0 Å². The van der Waals surface area contributed by atoms with Gasteiger partial charge >= 0.3 is 0 Å². The summed E-state index contributed by atoms with van der Waals surface area (Å²) in [5.41, 5.74) is 0. The van der Waals surface area contributed by atoms with Crippen molar-refractivity contribution in [3.63, 3.8) is 0 Å². The molecule has 64 valence electrons. The smallest absolute Gasteiger partial charge is 0.151 e. The van der Waals surface area contributed by atoms with E-state index in [4.69, 9.17) is 0 Å². The van der Waals surface area contributed by atoms with E-state index < -0.39 is 0 Å². The number of ketones is 1. The van der Waals surface area contributed by atoms with Crippen molar-refractivity contribution in [2.45, 2.75) is 38.4 Å². The molecule has 0 aromatic carbocycles. The van der Waals surface area contributed by atoms with Gasteiger partial charge in [0.05, 0.1) is 4.75 Å². The largest absolute Gasteiger partial charge is 0.298 e. The monoisotopic (exact) mass is 172 g/mol. The molecule has 1 nitrogen and oxygen atoms in total. The minimum absolute atomic E-state index is 0.0475. The van der Waals surface area contributed by atoms with E-state index in [1.54, 1.807) is 0 Å². The summed E-state index contributed by atoms with van der Waals surface area (Å²) in [6.07, 6.45) is 2.29. The molecule has 0 radical (unpaired) electrons. The fraction of sp³-hybridized carbons (Fsp3) is 0.889. The molecule has 0 amide bonds. The molecule has 0 saturated carbocycles. The molecule has 1 saturated heterocycles. The quantitative estimate of drug-likeness (QED) is 0.636. The molecule has 0 bridgehead atoms. The molecular formula is C9H16OS. The van der Waals surface area contributed by atoms with E-state index in [2.05, 4.69) is 6.92 Å². The maximum Gasteiger partial charge on any atom is 0.151 e. The average molecular weight is 172 g/mol. The Morgan fingerprint density at radius 3 is 2.55 bits per heavy atom. The summed E-state index contributed by atoms with van der Waals surface area (Å²) in [5.74, 6) is 1.79. The normalized spacial score (nSPS) is 31.3. The number of carbonyl (C=O) groups excluding carboxylic acids is 1. The molecule has 0 aromatic heterocycles. The molecule has 1 rings (SSSR count). The van der Waals surface area contributed by atoms with Gasteiger partial charge in [-0.1, -0.05) is 13.8 Å². The van der Waals surface area contributed by atoms with Crippen LogP contribution in [0.4, 0.5) is 0 Å². The van der Waals surface area contributed by atoms with Crippen LogP contribution in [0.15, 0.2) is 0 Å². The van der Waals surface area contributed by atoms with Gasteiger partial charge in [-0.05, 0) is 25.5 Å². The molecule has 0 spiro atoms. The van der Waals surface area contributed by atoms with Crippen molar-refractivity contribution in [1.29, 1.82) is 0 Å². The van der Waals surface area contributed by atoms with Gasteiger partial charge in [0.25, 0.3) is 0 Å². The molecular weight excluding hydrogens is 156 g/mol. The Kier molecular flexibility index (Phi) is 2.63. The van der Waals surface area contributed by atoms with Gasteiger partial charge in [0.2, 0.25) is 0 Å². The second kappa shape index (κ2) is 3.18. The van der Waals surface area contributed by atoms with Crippen LogP contribution in [0, 0.1) is 5.92 Å². The first kappa shape index (κ1) is 9.11. The van der Waals surface area contributed by atoms with E-state index in [0.717, 1.165) is 12.2 Å². The van der Waals surface area contributed by atoms with Gasteiger partial charge in [-0.2, -0.15) is 0 Å². The zero-order chi connectivity index (χ0) is 8.48. The molecule has 1 heterocycles. The lowest BCUT2D eigenvalue weighted by atomic mass is 9.93. The Balaban J connectivity index is 2.64. The third-order valence-electron chi connectivity index (χ3n) is 2.26. The number of hydrogen-bond acceptors (Lipinski definition) is 2. The Labute approximate surface area is 72.9 Å². The predicted molar refractivity (Wildman–Crippen MR) is 49.9 cm³/mol. The first-order chi connectivity index (χ1) is 5.06. The number of thioether (sulfide) groups is 1. The second-order valence-electron chi connectivity index (χ2n) is 3.70. The van der Waals surface area contributed by atoms with Crippen LogP contribution < -0.4 is 0 Å². The Bertz CT molecular complexity index is 157. The Morgan fingerprint density at radius 2 is 2.18 bits per heavy atom. The summed E-state index contributed by atoms with van der Waals surface area (Å²) in [4.78, 5) is 11.6. The molecule has 0 aromatic rings. The molecule has 0 N–H and O–H groups in total. The van der Waals surface area contributed by atoms with Gasteiger partial charge in [0, 0.05) is 5.92 Å². The van der Waals surface area contributed by atoms with Crippen molar-refractivity contribution in [1.82, 2.24) is 0 Å². The summed E-state index contributed by atoms with van der Waals surface area (Å²) in [5, 5.41) is 0.